The third-order valence-electron chi connectivity index (χ3n) is 3.58. The fourth-order valence-corrected chi connectivity index (χ4v) is 2.37. The van der Waals surface area contributed by atoms with E-state index < -0.39 is 5.82 Å². The number of hydrogen-bond donors (Lipinski definition) is 2. The van der Waals surface area contributed by atoms with Crippen LogP contribution >= 0.6 is 0 Å². The summed E-state index contributed by atoms with van der Waals surface area (Å²) in [6.45, 7) is 1.57. The van der Waals surface area contributed by atoms with Crippen LogP contribution in [0, 0.1) is 17.7 Å². The van der Waals surface area contributed by atoms with Crippen LogP contribution in [0.25, 0.3) is 0 Å². The second kappa shape index (κ2) is 7.21. The van der Waals surface area contributed by atoms with Gasteiger partial charge < -0.3 is 15.3 Å². The summed E-state index contributed by atoms with van der Waals surface area (Å²) < 4.78 is 13.3. The van der Waals surface area contributed by atoms with Crippen LogP contribution < -0.4 is 5.32 Å². The van der Waals surface area contributed by atoms with Crippen LogP contribution in [-0.2, 0) is 0 Å². The zero-order chi connectivity index (χ0) is 15.2. The molecule has 1 heterocycles. The lowest BCUT2D eigenvalue weighted by Gasteiger charge is -2.29. The molecule has 1 fully saturated rings. The Bertz CT molecular complexity index is 569. The maximum atomic E-state index is 13.3. The Kier molecular flexibility index (Phi) is 5.32. The van der Waals surface area contributed by atoms with Crippen LogP contribution in [0.2, 0.25) is 0 Å². The number of piperidine rings is 1. The van der Waals surface area contributed by atoms with Gasteiger partial charge in [-0.1, -0.05) is 11.8 Å². The predicted octanol–water partition coefficient (Wildman–Crippen LogP) is 0.993. The normalized spacial score (nSPS) is 16.1. The van der Waals surface area contributed by atoms with Crippen LogP contribution in [-0.4, -0.2) is 48.7 Å². The fraction of sp³-hybridized carbons (Fsp3) is 0.438. The molecule has 0 spiro atoms. The standard InChI is InChI=1S/C16H19FN2O2/c1-19-8-6-14(7-9-19)18-16(21)15-5-4-13(17)11-12(15)3-2-10-20/h4-5,11,14,20H,6-10H2,1H3,(H,18,21). The lowest BCUT2D eigenvalue weighted by atomic mass is 10.0. The highest BCUT2D eigenvalue weighted by Gasteiger charge is 2.20. The minimum atomic E-state index is -0.451. The number of likely N-dealkylation sites (tertiary alicyclic amines) is 1. The molecule has 0 atom stereocenters. The molecule has 0 bridgehead atoms. The van der Waals surface area contributed by atoms with Crippen molar-refractivity contribution < 1.29 is 14.3 Å². The number of rotatable bonds is 2. The first-order valence-corrected chi connectivity index (χ1v) is 6.99. The molecular formula is C16H19FN2O2. The predicted molar refractivity (Wildman–Crippen MR) is 78.3 cm³/mol. The van der Waals surface area contributed by atoms with Gasteiger partial charge >= 0.3 is 0 Å². The molecule has 0 radical (unpaired) electrons. The second-order valence-electron chi connectivity index (χ2n) is 5.20. The molecule has 0 unspecified atom stereocenters. The number of nitrogens with zero attached hydrogens (tertiary/aromatic N) is 1. The molecule has 1 aromatic rings. The molecule has 2 rings (SSSR count). The van der Waals surface area contributed by atoms with Crippen molar-refractivity contribution in [3.05, 3.63) is 35.1 Å². The van der Waals surface area contributed by atoms with E-state index in [1.54, 1.807) is 0 Å². The Morgan fingerprint density at radius 1 is 1.48 bits per heavy atom. The van der Waals surface area contributed by atoms with Crippen LogP contribution in [0.3, 0.4) is 0 Å². The molecule has 1 amide bonds. The maximum Gasteiger partial charge on any atom is 0.252 e. The molecule has 2 N–H and O–H groups in total. The molecular weight excluding hydrogens is 271 g/mol. The first-order valence-electron chi connectivity index (χ1n) is 6.99. The van der Waals surface area contributed by atoms with E-state index >= 15 is 0 Å². The summed E-state index contributed by atoms with van der Waals surface area (Å²) in [6, 6.07) is 4.03. The van der Waals surface area contributed by atoms with Crippen LogP contribution in [0.5, 0.6) is 0 Å². The van der Waals surface area contributed by atoms with Crippen molar-refractivity contribution in [3.8, 4) is 11.8 Å². The lowest BCUT2D eigenvalue weighted by Crippen LogP contribution is -2.43. The van der Waals surface area contributed by atoms with E-state index in [0.717, 1.165) is 25.9 Å². The van der Waals surface area contributed by atoms with E-state index in [0.29, 0.717) is 11.1 Å². The zero-order valence-corrected chi connectivity index (χ0v) is 12.0. The van der Waals surface area contributed by atoms with Crippen molar-refractivity contribution in [1.29, 1.82) is 0 Å². The first-order chi connectivity index (χ1) is 10.1. The minimum Gasteiger partial charge on any atom is -0.384 e. The Labute approximate surface area is 124 Å². The van der Waals surface area contributed by atoms with Gasteiger partial charge in [0, 0.05) is 11.6 Å². The summed E-state index contributed by atoms with van der Waals surface area (Å²) in [6.07, 6.45) is 1.81. The average molecular weight is 290 g/mol. The monoisotopic (exact) mass is 290 g/mol. The molecule has 0 aromatic heterocycles. The third-order valence-corrected chi connectivity index (χ3v) is 3.58. The molecule has 1 aliphatic rings. The van der Waals surface area contributed by atoms with Crippen molar-refractivity contribution >= 4 is 5.91 Å². The van der Waals surface area contributed by atoms with Gasteiger partial charge in [-0.15, -0.1) is 0 Å². The summed E-state index contributed by atoms with van der Waals surface area (Å²) in [4.78, 5) is 14.5. The fourth-order valence-electron chi connectivity index (χ4n) is 2.37. The highest BCUT2D eigenvalue weighted by molar-refractivity contribution is 5.96. The van der Waals surface area contributed by atoms with E-state index in [-0.39, 0.29) is 18.6 Å². The van der Waals surface area contributed by atoms with Gasteiger partial charge in [-0.05, 0) is 51.2 Å². The largest absolute Gasteiger partial charge is 0.384 e. The molecule has 1 aliphatic heterocycles. The van der Waals surface area contributed by atoms with Gasteiger partial charge in [0.2, 0.25) is 0 Å². The van der Waals surface area contributed by atoms with Crippen molar-refractivity contribution in [3.63, 3.8) is 0 Å². The summed E-state index contributed by atoms with van der Waals surface area (Å²) in [5, 5.41) is 11.7. The van der Waals surface area contributed by atoms with Crippen molar-refractivity contribution in [2.75, 3.05) is 26.7 Å². The number of amides is 1. The summed E-state index contributed by atoms with van der Waals surface area (Å²) >= 11 is 0. The number of aliphatic hydroxyl groups excluding tert-OH is 1. The van der Waals surface area contributed by atoms with E-state index in [1.807, 2.05) is 0 Å². The Morgan fingerprint density at radius 3 is 2.86 bits per heavy atom. The Morgan fingerprint density at radius 2 is 2.19 bits per heavy atom. The number of carbonyl (C=O) groups excluding carboxylic acids is 1. The van der Waals surface area contributed by atoms with Crippen molar-refractivity contribution in [2.24, 2.45) is 0 Å². The van der Waals surface area contributed by atoms with Gasteiger partial charge in [-0.3, -0.25) is 4.79 Å². The van der Waals surface area contributed by atoms with Gasteiger partial charge in [0.05, 0.1) is 5.56 Å². The molecule has 112 valence electrons. The minimum absolute atomic E-state index is 0.136. The van der Waals surface area contributed by atoms with Crippen LogP contribution in [0.1, 0.15) is 28.8 Å². The van der Waals surface area contributed by atoms with Crippen LogP contribution in [0.15, 0.2) is 18.2 Å². The number of halogens is 1. The number of hydrogen-bond acceptors (Lipinski definition) is 3. The molecule has 0 saturated carbocycles. The van der Waals surface area contributed by atoms with E-state index in [2.05, 4.69) is 29.1 Å². The third kappa shape index (κ3) is 4.28. The lowest BCUT2D eigenvalue weighted by molar-refractivity contribution is 0.0916. The van der Waals surface area contributed by atoms with E-state index in [4.69, 9.17) is 5.11 Å². The second-order valence-corrected chi connectivity index (χ2v) is 5.20. The summed E-state index contributed by atoms with van der Waals surface area (Å²) in [5.74, 6) is 4.37. The van der Waals surface area contributed by atoms with Gasteiger partial charge in [-0.2, -0.15) is 0 Å². The van der Waals surface area contributed by atoms with E-state index in [9.17, 15) is 9.18 Å². The molecule has 0 aliphatic carbocycles. The topological polar surface area (TPSA) is 52.6 Å². The number of benzene rings is 1. The molecule has 4 nitrogen and oxygen atoms in total. The quantitative estimate of drug-likeness (QED) is 0.799. The Balaban J connectivity index is 2.11. The smallest absolute Gasteiger partial charge is 0.252 e. The number of nitrogens with one attached hydrogen (secondary N) is 1. The SMILES string of the molecule is CN1CCC(NC(=O)c2ccc(F)cc2C#CCO)CC1. The van der Waals surface area contributed by atoms with Gasteiger partial charge in [0.1, 0.15) is 12.4 Å². The maximum absolute atomic E-state index is 13.3. The average Bonchev–Trinajstić information content (AvgIpc) is 2.47. The van der Waals surface area contributed by atoms with Gasteiger partial charge in [-0.25, -0.2) is 4.39 Å². The van der Waals surface area contributed by atoms with Gasteiger partial charge in [0.15, 0.2) is 0 Å². The number of carbonyl (C=O) groups is 1. The first kappa shape index (κ1) is 15.5. The molecule has 1 saturated heterocycles. The molecule has 1 aromatic carbocycles. The molecule has 5 heteroatoms. The summed E-state index contributed by atoms with van der Waals surface area (Å²) in [7, 11) is 2.06. The molecule has 21 heavy (non-hydrogen) atoms. The zero-order valence-electron chi connectivity index (χ0n) is 12.0. The Hall–Kier alpha value is -1.90. The van der Waals surface area contributed by atoms with Crippen molar-refractivity contribution in [1.82, 2.24) is 10.2 Å². The van der Waals surface area contributed by atoms with Gasteiger partial charge in [0.25, 0.3) is 5.91 Å². The number of aliphatic hydroxyl groups is 1. The van der Waals surface area contributed by atoms with E-state index in [1.165, 1.54) is 18.2 Å². The van der Waals surface area contributed by atoms with Crippen LogP contribution in [0.4, 0.5) is 4.39 Å². The van der Waals surface area contributed by atoms with Crippen molar-refractivity contribution in [2.45, 2.75) is 18.9 Å². The summed E-state index contributed by atoms with van der Waals surface area (Å²) in [5.41, 5.74) is 0.644. The highest BCUT2D eigenvalue weighted by Crippen LogP contribution is 2.13. The highest BCUT2D eigenvalue weighted by atomic mass is 19.1.